The number of hydrazone groups is 1. The second kappa shape index (κ2) is 4.97. The van der Waals surface area contributed by atoms with Gasteiger partial charge in [-0.25, -0.2) is 16.2 Å². The van der Waals surface area contributed by atoms with Gasteiger partial charge in [0, 0.05) is 0 Å². The van der Waals surface area contributed by atoms with E-state index in [1.165, 1.54) is 5.01 Å². The Bertz CT molecular complexity index is 290. The Kier molecular flexibility index (Phi) is 3.65. The van der Waals surface area contributed by atoms with E-state index in [2.05, 4.69) is 21.5 Å². The zero-order valence-corrected chi connectivity index (χ0v) is 7.65. The summed E-state index contributed by atoms with van der Waals surface area (Å²) in [5.41, 5.74) is 6.85. The number of nitrogens with zero attached hydrogens (tertiary/aromatic N) is 2. The molecular formula is C5H11N7O3. The number of rotatable bonds is 4. The fraction of sp³-hybridized carbons (Fsp3) is 0.400. The molecule has 7 N–H and O–H groups in total. The number of carbonyl (C=O) groups is 2. The van der Waals surface area contributed by atoms with Crippen LogP contribution >= 0.6 is 0 Å². The molecule has 15 heavy (non-hydrogen) atoms. The normalized spacial score (nSPS) is 14.2. The van der Waals surface area contributed by atoms with Crippen LogP contribution in [0.15, 0.2) is 5.10 Å². The summed E-state index contributed by atoms with van der Waals surface area (Å²) >= 11 is 0. The van der Waals surface area contributed by atoms with Crippen LogP contribution in [0.4, 0.5) is 4.79 Å². The highest BCUT2D eigenvalue weighted by molar-refractivity contribution is 5.90. The van der Waals surface area contributed by atoms with Gasteiger partial charge in [0.1, 0.15) is 6.54 Å². The van der Waals surface area contributed by atoms with Gasteiger partial charge in [-0.1, -0.05) is 0 Å². The minimum absolute atomic E-state index is 0.0207. The average molecular weight is 217 g/mol. The first kappa shape index (κ1) is 11.0. The molecule has 10 heteroatoms. The van der Waals surface area contributed by atoms with Crippen LogP contribution in [-0.2, 0) is 4.79 Å². The predicted octanol–water partition coefficient (Wildman–Crippen LogP) is -3.12. The fourth-order valence-corrected chi connectivity index (χ4v) is 0.884. The Morgan fingerprint density at radius 3 is 2.93 bits per heavy atom. The summed E-state index contributed by atoms with van der Waals surface area (Å²) in [6.07, 6.45) is -1.17. The van der Waals surface area contributed by atoms with Gasteiger partial charge >= 0.3 is 6.09 Å². The molecule has 0 bridgehead atoms. The number of amidine groups is 1. The van der Waals surface area contributed by atoms with Crippen molar-refractivity contribution < 1.29 is 14.7 Å². The number of carbonyl (C=O) groups excluding carboxylic acids is 1. The largest absolute Gasteiger partial charge is 0.465 e. The van der Waals surface area contributed by atoms with Crippen LogP contribution < -0.4 is 27.7 Å². The summed E-state index contributed by atoms with van der Waals surface area (Å²) in [6, 6.07) is 0. The maximum Gasteiger partial charge on any atom is 0.405 e. The third-order valence-corrected chi connectivity index (χ3v) is 1.54. The number of nitrogens with one attached hydrogen (secondary N) is 4. The lowest BCUT2D eigenvalue weighted by Gasteiger charge is -2.17. The van der Waals surface area contributed by atoms with Crippen molar-refractivity contribution >= 4 is 17.8 Å². The quantitative estimate of drug-likeness (QED) is 0.166. The average Bonchev–Trinajstić information content (AvgIpc) is 2.62. The molecule has 0 unspecified atom stereocenters. The molecule has 0 saturated carbocycles. The summed E-state index contributed by atoms with van der Waals surface area (Å²) in [6.45, 7) is -0.100. The zero-order valence-electron chi connectivity index (χ0n) is 7.65. The van der Waals surface area contributed by atoms with E-state index in [4.69, 9.17) is 10.9 Å². The van der Waals surface area contributed by atoms with E-state index in [9.17, 15) is 9.59 Å². The van der Waals surface area contributed by atoms with Gasteiger partial charge in [0.05, 0.1) is 6.54 Å². The third-order valence-electron chi connectivity index (χ3n) is 1.54. The predicted molar refractivity (Wildman–Crippen MR) is 48.8 cm³/mol. The first-order chi connectivity index (χ1) is 7.13. The number of hydrogen-bond donors (Lipinski definition) is 6. The van der Waals surface area contributed by atoms with E-state index in [1.807, 2.05) is 5.43 Å². The molecule has 0 aromatic carbocycles. The van der Waals surface area contributed by atoms with Crippen LogP contribution in [0.25, 0.3) is 0 Å². The molecule has 1 aliphatic heterocycles. The third kappa shape index (κ3) is 3.28. The van der Waals surface area contributed by atoms with E-state index >= 15 is 0 Å². The number of hydrogen-bond acceptors (Lipinski definition) is 7. The topological polar surface area (TPSA) is 144 Å². The number of amides is 2. The van der Waals surface area contributed by atoms with Gasteiger partial charge in [-0.3, -0.25) is 15.2 Å². The Morgan fingerprint density at radius 1 is 1.60 bits per heavy atom. The lowest BCUT2D eigenvalue weighted by Crippen LogP contribution is -2.50. The van der Waals surface area contributed by atoms with Crippen LogP contribution in [0.5, 0.6) is 0 Å². The van der Waals surface area contributed by atoms with E-state index in [-0.39, 0.29) is 13.1 Å². The molecule has 0 saturated heterocycles. The maximum atomic E-state index is 10.9. The Labute approximate surface area is 84.4 Å². The van der Waals surface area contributed by atoms with Gasteiger partial charge in [-0.2, -0.15) is 0 Å². The van der Waals surface area contributed by atoms with E-state index in [1.54, 1.807) is 0 Å². The summed E-state index contributed by atoms with van der Waals surface area (Å²) < 4.78 is 0. The maximum absolute atomic E-state index is 10.9. The monoisotopic (exact) mass is 217 g/mol. The minimum Gasteiger partial charge on any atom is -0.465 e. The summed E-state index contributed by atoms with van der Waals surface area (Å²) in [7, 11) is 0. The number of hydrazine groups is 3. The van der Waals surface area contributed by atoms with Gasteiger partial charge < -0.3 is 10.4 Å². The van der Waals surface area contributed by atoms with Crippen LogP contribution in [0, 0.1) is 0 Å². The van der Waals surface area contributed by atoms with Crippen molar-refractivity contribution in [2.45, 2.75) is 0 Å². The molecule has 0 atom stereocenters. The molecular weight excluding hydrogens is 206 g/mol. The molecule has 0 fully saturated rings. The van der Waals surface area contributed by atoms with E-state index < -0.39 is 12.0 Å². The number of carboxylic acid groups (broad SMARTS) is 1. The van der Waals surface area contributed by atoms with Crippen molar-refractivity contribution in [2.75, 3.05) is 13.1 Å². The second-order valence-electron chi connectivity index (χ2n) is 2.56. The van der Waals surface area contributed by atoms with Crippen LogP contribution in [0.3, 0.4) is 0 Å². The fourth-order valence-electron chi connectivity index (χ4n) is 0.884. The molecule has 0 aliphatic carbocycles. The lowest BCUT2D eigenvalue weighted by atomic mass is 10.5. The first-order valence-electron chi connectivity index (χ1n) is 3.94. The van der Waals surface area contributed by atoms with Crippen molar-refractivity contribution in [3.63, 3.8) is 0 Å². The standard InChI is InChI=1S/C5H11N7O3/c6-8-4(13)2-12-3(9-10-11-12)1-7-5(14)15/h7,10-11H,1-2,6H2,(H,8,13)(H,14,15). The van der Waals surface area contributed by atoms with E-state index in [0.717, 1.165) is 0 Å². The molecule has 0 radical (unpaired) electrons. The van der Waals surface area contributed by atoms with E-state index in [0.29, 0.717) is 5.84 Å². The van der Waals surface area contributed by atoms with Crippen LogP contribution in [-0.4, -0.2) is 41.0 Å². The van der Waals surface area contributed by atoms with Gasteiger partial charge in [0.15, 0.2) is 5.84 Å². The highest BCUT2D eigenvalue weighted by Crippen LogP contribution is 1.91. The van der Waals surface area contributed by atoms with Crippen molar-refractivity contribution in [3.05, 3.63) is 0 Å². The van der Waals surface area contributed by atoms with Gasteiger partial charge in [0.2, 0.25) is 0 Å². The molecule has 1 rings (SSSR count). The molecule has 0 aromatic heterocycles. The minimum atomic E-state index is -1.17. The van der Waals surface area contributed by atoms with Crippen molar-refractivity contribution in [1.82, 2.24) is 26.8 Å². The highest BCUT2D eigenvalue weighted by Gasteiger charge is 2.19. The number of nitrogens with two attached hydrogens (primary N) is 1. The molecule has 0 spiro atoms. The van der Waals surface area contributed by atoms with Crippen molar-refractivity contribution in [2.24, 2.45) is 10.9 Å². The van der Waals surface area contributed by atoms with Crippen LogP contribution in [0.1, 0.15) is 0 Å². The molecule has 84 valence electrons. The SMILES string of the molecule is NNC(=O)CN1NNN=C1CNC(=O)O. The van der Waals surface area contributed by atoms with Crippen molar-refractivity contribution in [3.8, 4) is 0 Å². The van der Waals surface area contributed by atoms with Gasteiger partial charge in [-0.05, 0) is 0 Å². The molecule has 1 aliphatic rings. The summed E-state index contributed by atoms with van der Waals surface area (Å²) in [4.78, 5) is 21.1. The smallest absolute Gasteiger partial charge is 0.405 e. The molecule has 2 amide bonds. The summed E-state index contributed by atoms with van der Waals surface area (Å²) in [5, 5.41) is 15.5. The van der Waals surface area contributed by atoms with Gasteiger partial charge in [0.25, 0.3) is 5.91 Å². The highest BCUT2D eigenvalue weighted by atomic mass is 16.4. The van der Waals surface area contributed by atoms with Crippen LogP contribution in [0.2, 0.25) is 0 Å². The second-order valence-corrected chi connectivity index (χ2v) is 2.56. The molecule has 0 aromatic rings. The van der Waals surface area contributed by atoms with Crippen molar-refractivity contribution in [1.29, 1.82) is 0 Å². The Balaban J connectivity index is 2.42. The Morgan fingerprint density at radius 2 is 2.33 bits per heavy atom. The molecule has 10 nitrogen and oxygen atoms in total. The molecule has 1 heterocycles. The first-order valence-corrected chi connectivity index (χ1v) is 3.94. The Hall–Kier alpha value is -2.07. The summed E-state index contributed by atoms with van der Waals surface area (Å²) in [5.74, 6) is 4.79. The zero-order chi connectivity index (χ0) is 11.3. The lowest BCUT2D eigenvalue weighted by molar-refractivity contribution is -0.122. The van der Waals surface area contributed by atoms with Gasteiger partial charge in [-0.15, -0.1) is 10.6 Å².